The number of methoxy groups -OCH3 is 1. The Labute approximate surface area is 214 Å². The van der Waals surface area contributed by atoms with E-state index in [0.717, 1.165) is 0 Å². The molecule has 2 heterocycles. The molecule has 0 aliphatic rings. The standard InChI is InChI=1S/C28H26N4O5/c1-37-24-16-22(26(33)25-8-2-3-9-30-25)15-23(17-24)27(34)32(12-5-11-31-13-10-29-19-31)18-20-6-4-7-21(14-20)28(35)36/h2-4,6-10,13-17,19H,5,11-12,18H2,1H3,(H,35,36). The molecule has 0 bridgehead atoms. The first-order valence-corrected chi connectivity index (χ1v) is 11.7. The summed E-state index contributed by atoms with van der Waals surface area (Å²) in [6.45, 7) is 1.25. The van der Waals surface area contributed by atoms with Crippen molar-refractivity contribution < 1.29 is 24.2 Å². The smallest absolute Gasteiger partial charge is 0.335 e. The van der Waals surface area contributed by atoms with E-state index in [2.05, 4.69) is 9.97 Å². The fourth-order valence-electron chi connectivity index (χ4n) is 3.94. The van der Waals surface area contributed by atoms with Gasteiger partial charge in [-0.15, -0.1) is 0 Å². The Hall–Kier alpha value is -4.79. The van der Waals surface area contributed by atoms with Gasteiger partial charge in [0.05, 0.1) is 19.0 Å². The zero-order valence-electron chi connectivity index (χ0n) is 20.3. The lowest BCUT2D eigenvalue weighted by Gasteiger charge is -2.24. The molecule has 2 aromatic heterocycles. The second-order valence-corrected chi connectivity index (χ2v) is 8.38. The molecule has 0 fully saturated rings. The molecule has 1 N–H and O–H groups in total. The van der Waals surface area contributed by atoms with Crippen LogP contribution in [0.4, 0.5) is 0 Å². The molecule has 188 valence electrons. The molecule has 37 heavy (non-hydrogen) atoms. The number of imidazole rings is 1. The molecule has 0 aliphatic carbocycles. The Balaban J connectivity index is 1.63. The summed E-state index contributed by atoms with van der Waals surface area (Å²) in [5, 5.41) is 9.37. The van der Waals surface area contributed by atoms with Crippen molar-refractivity contribution in [3.8, 4) is 5.75 Å². The average molecular weight is 499 g/mol. The SMILES string of the molecule is COc1cc(C(=O)c2ccccn2)cc(C(=O)N(CCCn2ccnc2)Cc2cccc(C(=O)O)c2)c1. The first-order chi connectivity index (χ1) is 17.9. The minimum atomic E-state index is -1.04. The molecule has 0 spiro atoms. The van der Waals surface area contributed by atoms with Gasteiger partial charge >= 0.3 is 5.97 Å². The number of amides is 1. The molecular weight excluding hydrogens is 472 g/mol. The third kappa shape index (κ3) is 6.46. The maximum absolute atomic E-state index is 13.7. The lowest BCUT2D eigenvalue weighted by molar-refractivity contribution is 0.0696. The first-order valence-electron chi connectivity index (χ1n) is 11.7. The predicted octanol–water partition coefficient (Wildman–Crippen LogP) is 3.95. The number of nitrogens with zero attached hydrogens (tertiary/aromatic N) is 4. The summed E-state index contributed by atoms with van der Waals surface area (Å²) in [5.41, 5.74) is 1.66. The normalized spacial score (nSPS) is 10.6. The van der Waals surface area contributed by atoms with Crippen LogP contribution in [0.5, 0.6) is 5.75 Å². The minimum Gasteiger partial charge on any atom is -0.497 e. The van der Waals surface area contributed by atoms with Gasteiger partial charge in [0.1, 0.15) is 11.4 Å². The number of carbonyl (C=O) groups excluding carboxylic acids is 2. The molecule has 9 nitrogen and oxygen atoms in total. The highest BCUT2D eigenvalue weighted by Gasteiger charge is 2.21. The second-order valence-electron chi connectivity index (χ2n) is 8.38. The zero-order valence-corrected chi connectivity index (χ0v) is 20.3. The number of aromatic carboxylic acids is 1. The lowest BCUT2D eigenvalue weighted by Crippen LogP contribution is -2.32. The number of ketones is 1. The number of carboxylic acids is 1. The number of carboxylic acid groups (broad SMARTS) is 1. The van der Waals surface area contributed by atoms with Gasteiger partial charge < -0.3 is 19.3 Å². The van der Waals surface area contributed by atoms with Gasteiger partial charge in [-0.2, -0.15) is 0 Å². The monoisotopic (exact) mass is 498 g/mol. The van der Waals surface area contributed by atoms with Crippen molar-refractivity contribution in [1.29, 1.82) is 0 Å². The lowest BCUT2D eigenvalue weighted by atomic mass is 10.0. The summed E-state index contributed by atoms with van der Waals surface area (Å²) >= 11 is 0. The molecule has 4 aromatic rings. The summed E-state index contributed by atoms with van der Waals surface area (Å²) < 4.78 is 7.30. The maximum atomic E-state index is 13.7. The van der Waals surface area contributed by atoms with Crippen LogP contribution >= 0.6 is 0 Å². The predicted molar refractivity (Wildman–Crippen MR) is 136 cm³/mol. The summed E-state index contributed by atoms with van der Waals surface area (Å²) in [6.07, 6.45) is 7.42. The fourth-order valence-corrected chi connectivity index (χ4v) is 3.94. The topological polar surface area (TPSA) is 115 Å². The van der Waals surface area contributed by atoms with Gasteiger partial charge in [0, 0.05) is 49.4 Å². The summed E-state index contributed by atoms with van der Waals surface area (Å²) in [4.78, 5) is 48.0. The molecule has 0 unspecified atom stereocenters. The van der Waals surface area contributed by atoms with E-state index in [-0.39, 0.29) is 40.6 Å². The highest BCUT2D eigenvalue weighted by molar-refractivity contribution is 6.09. The van der Waals surface area contributed by atoms with Crippen LogP contribution < -0.4 is 4.74 Å². The maximum Gasteiger partial charge on any atom is 0.335 e. The van der Waals surface area contributed by atoms with E-state index in [1.54, 1.807) is 72.0 Å². The summed E-state index contributed by atoms with van der Waals surface area (Å²) in [7, 11) is 1.47. The Morgan fingerprint density at radius 1 is 0.973 bits per heavy atom. The van der Waals surface area contributed by atoms with Crippen molar-refractivity contribution in [2.45, 2.75) is 19.5 Å². The number of rotatable bonds is 11. The third-order valence-corrected chi connectivity index (χ3v) is 5.79. The van der Waals surface area contributed by atoms with Crippen molar-refractivity contribution in [1.82, 2.24) is 19.4 Å². The Morgan fingerprint density at radius 2 is 1.81 bits per heavy atom. The minimum absolute atomic E-state index is 0.146. The molecule has 9 heteroatoms. The van der Waals surface area contributed by atoms with E-state index in [1.165, 1.54) is 19.4 Å². The number of benzene rings is 2. The van der Waals surface area contributed by atoms with E-state index in [9.17, 15) is 19.5 Å². The average Bonchev–Trinajstić information content (AvgIpc) is 3.45. The van der Waals surface area contributed by atoms with Crippen LogP contribution in [0.1, 0.15) is 48.8 Å². The number of aryl methyl sites for hydroxylation is 1. The highest BCUT2D eigenvalue weighted by atomic mass is 16.5. The zero-order chi connectivity index (χ0) is 26.2. The quantitative estimate of drug-likeness (QED) is 0.311. The highest BCUT2D eigenvalue weighted by Crippen LogP contribution is 2.22. The Kier molecular flexibility index (Phi) is 8.05. The van der Waals surface area contributed by atoms with Crippen LogP contribution in [-0.4, -0.2) is 55.9 Å². The number of hydrogen-bond donors (Lipinski definition) is 1. The largest absolute Gasteiger partial charge is 0.497 e. The van der Waals surface area contributed by atoms with Crippen molar-refractivity contribution in [2.24, 2.45) is 0 Å². The van der Waals surface area contributed by atoms with Crippen LogP contribution in [0.15, 0.2) is 85.6 Å². The van der Waals surface area contributed by atoms with Crippen LogP contribution in [-0.2, 0) is 13.1 Å². The van der Waals surface area contributed by atoms with Crippen LogP contribution in [0.2, 0.25) is 0 Å². The molecule has 0 saturated heterocycles. The Morgan fingerprint density at radius 3 is 2.51 bits per heavy atom. The molecule has 1 amide bonds. The number of pyridine rings is 1. The fraction of sp³-hybridized carbons (Fsp3) is 0.179. The van der Waals surface area contributed by atoms with Crippen molar-refractivity contribution in [3.63, 3.8) is 0 Å². The molecule has 0 atom stereocenters. The second kappa shape index (κ2) is 11.8. The van der Waals surface area contributed by atoms with Crippen molar-refractivity contribution >= 4 is 17.7 Å². The van der Waals surface area contributed by atoms with Crippen LogP contribution in [0.25, 0.3) is 0 Å². The summed E-state index contributed by atoms with van der Waals surface area (Å²) in [5.74, 6) is -1.30. The van der Waals surface area contributed by atoms with Gasteiger partial charge in [-0.1, -0.05) is 18.2 Å². The van der Waals surface area contributed by atoms with Gasteiger partial charge in [-0.3, -0.25) is 14.6 Å². The molecule has 0 saturated carbocycles. The molecule has 4 rings (SSSR count). The Bertz CT molecular complexity index is 1390. The van der Waals surface area contributed by atoms with Gasteiger partial charge in [0.2, 0.25) is 5.78 Å². The van der Waals surface area contributed by atoms with Crippen LogP contribution in [0.3, 0.4) is 0 Å². The molecule has 0 aliphatic heterocycles. The van der Waals surface area contributed by atoms with Gasteiger partial charge in [-0.05, 0) is 54.4 Å². The first kappa shape index (κ1) is 25.3. The molecule has 0 radical (unpaired) electrons. The number of carbonyl (C=O) groups is 3. The van der Waals surface area contributed by atoms with E-state index in [4.69, 9.17) is 4.74 Å². The van der Waals surface area contributed by atoms with Gasteiger partial charge in [0.25, 0.3) is 5.91 Å². The molecular formula is C28H26N4O5. The molecule has 2 aromatic carbocycles. The number of ether oxygens (including phenoxy) is 1. The van der Waals surface area contributed by atoms with E-state index < -0.39 is 5.97 Å². The number of aromatic nitrogens is 3. The number of hydrogen-bond acceptors (Lipinski definition) is 6. The van der Waals surface area contributed by atoms with E-state index in [0.29, 0.717) is 30.8 Å². The third-order valence-electron chi connectivity index (χ3n) is 5.79. The van der Waals surface area contributed by atoms with Crippen molar-refractivity contribution in [3.05, 3.63) is 114 Å². The van der Waals surface area contributed by atoms with E-state index in [1.807, 2.05) is 10.8 Å². The van der Waals surface area contributed by atoms with E-state index >= 15 is 0 Å². The van der Waals surface area contributed by atoms with Gasteiger partial charge in [0.15, 0.2) is 0 Å². The van der Waals surface area contributed by atoms with Crippen molar-refractivity contribution in [2.75, 3.05) is 13.7 Å². The van der Waals surface area contributed by atoms with Crippen LogP contribution in [0, 0.1) is 0 Å². The van der Waals surface area contributed by atoms with Gasteiger partial charge in [-0.25, -0.2) is 9.78 Å². The summed E-state index contributed by atoms with van der Waals surface area (Å²) in [6, 6.07) is 16.3.